The SMILES string of the molecule is CN(CCCCCN)S(=O)(=O)c1ncccc1F. The standard InChI is InChI=1S/C11H18FN3O2S/c1-15(9-4-2-3-7-13)18(16,17)11-10(12)6-5-8-14-11/h5-6,8H,2-4,7,9,13H2,1H3. The number of rotatable bonds is 7. The number of hydrogen-bond donors (Lipinski definition) is 1. The first kappa shape index (κ1) is 15.0. The summed E-state index contributed by atoms with van der Waals surface area (Å²) < 4.78 is 38.6. The molecule has 0 radical (unpaired) electrons. The Bertz CT molecular complexity index is 479. The van der Waals surface area contributed by atoms with E-state index in [1.807, 2.05) is 0 Å². The van der Waals surface area contributed by atoms with Gasteiger partial charge in [0.2, 0.25) is 5.03 Å². The normalized spacial score (nSPS) is 12.0. The fraction of sp³-hybridized carbons (Fsp3) is 0.545. The summed E-state index contributed by atoms with van der Waals surface area (Å²) in [7, 11) is -2.42. The van der Waals surface area contributed by atoms with Crippen LogP contribution in [0.4, 0.5) is 4.39 Å². The Morgan fingerprint density at radius 3 is 2.72 bits per heavy atom. The van der Waals surface area contributed by atoms with Crippen LogP contribution in [0, 0.1) is 5.82 Å². The van der Waals surface area contributed by atoms with E-state index in [1.165, 1.54) is 19.3 Å². The number of hydrogen-bond acceptors (Lipinski definition) is 4. The van der Waals surface area contributed by atoms with Gasteiger partial charge in [-0.15, -0.1) is 0 Å². The van der Waals surface area contributed by atoms with Gasteiger partial charge >= 0.3 is 0 Å². The summed E-state index contributed by atoms with van der Waals surface area (Å²) >= 11 is 0. The first-order valence-electron chi connectivity index (χ1n) is 5.77. The van der Waals surface area contributed by atoms with Gasteiger partial charge in [-0.1, -0.05) is 6.42 Å². The molecule has 0 saturated heterocycles. The zero-order valence-corrected chi connectivity index (χ0v) is 11.2. The molecule has 18 heavy (non-hydrogen) atoms. The first-order chi connectivity index (χ1) is 8.50. The number of pyridine rings is 1. The van der Waals surface area contributed by atoms with Gasteiger partial charge in [-0.3, -0.25) is 0 Å². The fourth-order valence-corrected chi connectivity index (χ4v) is 2.66. The quantitative estimate of drug-likeness (QED) is 0.752. The van der Waals surface area contributed by atoms with Crippen molar-refractivity contribution in [3.05, 3.63) is 24.1 Å². The van der Waals surface area contributed by atoms with Crippen LogP contribution in [0.25, 0.3) is 0 Å². The average molecular weight is 275 g/mol. The number of unbranched alkanes of at least 4 members (excludes halogenated alkanes) is 2. The molecule has 102 valence electrons. The topological polar surface area (TPSA) is 76.3 Å². The van der Waals surface area contributed by atoms with E-state index in [9.17, 15) is 12.8 Å². The molecule has 7 heteroatoms. The maximum absolute atomic E-state index is 13.4. The van der Waals surface area contributed by atoms with Crippen molar-refractivity contribution in [2.75, 3.05) is 20.1 Å². The minimum absolute atomic E-state index is 0.332. The van der Waals surface area contributed by atoms with Crippen molar-refractivity contribution in [3.8, 4) is 0 Å². The van der Waals surface area contributed by atoms with Gasteiger partial charge in [0.05, 0.1) is 0 Å². The van der Waals surface area contributed by atoms with E-state index in [2.05, 4.69) is 4.98 Å². The number of halogens is 1. The minimum Gasteiger partial charge on any atom is -0.330 e. The summed E-state index contributed by atoms with van der Waals surface area (Å²) in [6.45, 7) is 0.920. The number of sulfonamides is 1. The molecule has 0 aliphatic heterocycles. The van der Waals surface area contributed by atoms with Gasteiger partial charge in [-0.05, 0) is 31.5 Å². The van der Waals surface area contributed by atoms with Crippen LogP contribution in [0.5, 0.6) is 0 Å². The predicted molar refractivity (Wildman–Crippen MR) is 66.9 cm³/mol. The second-order valence-corrected chi connectivity index (χ2v) is 5.93. The van der Waals surface area contributed by atoms with Crippen molar-refractivity contribution < 1.29 is 12.8 Å². The number of nitrogens with zero attached hydrogens (tertiary/aromatic N) is 2. The van der Waals surface area contributed by atoms with E-state index in [0.717, 1.165) is 23.2 Å². The molecule has 5 nitrogen and oxygen atoms in total. The second kappa shape index (κ2) is 6.77. The molecule has 0 fully saturated rings. The van der Waals surface area contributed by atoms with E-state index in [0.29, 0.717) is 19.5 Å². The van der Waals surface area contributed by atoms with Crippen molar-refractivity contribution in [1.29, 1.82) is 0 Å². The van der Waals surface area contributed by atoms with Gasteiger partial charge in [-0.2, -0.15) is 4.31 Å². The van der Waals surface area contributed by atoms with Crippen molar-refractivity contribution in [2.45, 2.75) is 24.3 Å². The second-order valence-electron chi connectivity index (χ2n) is 3.97. The van der Waals surface area contributed by atoms with Crippen molar-refractivity contribution in [1.82, 2.24) is 9.29 Å². The highest BCUT2D eigenvalue weighted by Crippen LogP contribution is 2.15. The molecule has 0 unspecified atom stereocenters. The van der Waals surface area contributed by atoms with Gasteiger partial charge in [0.15, 0.2) is 5.82 Å². The maximum Gasteiger partial charge on any atom is 0.263 e. The van der Waals surface area contributed by atoms with Crippen LogP contribution in [0.15, 0.2) is 23.4 Å². The van der Waals surface area contributed by atoms with E-state index < -0.39 is 20.9 Å². The summed E-state index contributed by atoms with van der Waals surface area (Å²) in [6, 6.07) is 2.44. The van der Waals surface area contributed by atoms with Crippen LogP contribution in [-0.2, 0) is 10.0 Å². The molecule has 0 aliphatic carbocycles. The Morgan fingerprint density at radius 2 is 2.11 bits per heavy atom. The lowest BCUT2D eigenvalue weighted by molar-refractivity contribution is 0.443. The molecular formula is C11H18FN3O2S. The molecule has 1 rings (SSSR count). The van der Waals surface area contributed by atoms with Crippen molar-refractivity contribution >= 4 is 10.0 Å². The number of nitrogens with two attached hydrogens (primary N) is 1. The van der Waals surface area contributed by atoms with Gasteiger partial charge in [-0.25, -0.2) is 17.8 Å². The van der Waals surface area contributed by atoms with E-state index in [-0.39, 0.29) is 0 Å². The molecule has 2 N–H and O–H groups in total. The Balaban J connectivity index is 2.72. The molecule has 0 aromatic carbocycles. The van der Waals surface area contributed by atoms with Crippen molar-refractivity contribution in [3.63, 3.8) is 0 Å². The highest BCUT2D eigenvalue weighted by atomic mass is 32.2. The smallest absolute Gasteiger partial charge is 0.263 e. The van der Waals surface area contributed by atoms with E-state index in [4.69, 9.17) is 5.73 Å². The van der Waals surface area contributed by atoms with Gasteiger partial charge in [0.25, 0.3) is 10.0 Å². The summed E-state index contributed by atoms with van der Waals surface area (Å²) in [5.41, 5.74) is 5.35. The lowest BCUT2D eigenvalue weighted by atomic mass is 10.2. The highest BCUT2D eigenvalue weighted by Gasteiger charge is 2.25. The van der Waals surface area contributed by atoms with Gasteiger partial charge in [0.1, 0.15) is 0 Å². The zero-order chi connectivity index (χ0) is 13.6. The molecule has 0 amide bonds. The molecule has 0 bridgehead atoms. The van der Waals surface area contributed by atoms with E-state index >= 15 is 0 Å². The zero-order valence-electron chi connectivity index (χ0n) is 10.3. The first-order valence-corrected chi connectivity index (χ1v) is 7.21. The molecular weight excluding hydrogens is 257 g/mol. The molecule has 0 saturated carbocycles. The average Bonchev–Trinajstić information content (AvgIpc) is 2.34. The third kappa shape index (κ3) is 3.72. The highest BCUT2D eigenvalue weighted by molar-refractivity contribution is 7.89. The molecule has 0 spiro atoms. The largest absolute Gasteiger partial charge is 0.330 e. The lowest BCUT2D eigenvalue weighted by Crippen LogP contribution is -2.29. The number of aromatic nitrogens is 1. The molecule has 1 heterocycles. The minimum atomic E-state index is -3.84. The maximum atomic E-state index is 13.4. The Hall–Kier alpha value is -1.05. The Kier molecular flexibility index (Phi) is 5.64. The summed E-state index contributed by atoms with van der Waals surface area (Å²) in [6.07, 6.45) is 3.66. The third-order valence-electron chi connectivity index (χ3n) is 2.56. The lowest BCUT2D eigenvalue weighted by Gasteiger charge is -2.16. The predicted octanol–water partition coefficient (Wildman–Crippen LogP) is 0.970. The van der Waals surface area contributed by atoms with Crippen LogP contribution in [0.3, 0.4) is 0 Å². The van der Waals surface area contributed by atoms with Crippen LogP contribution in [0.2, 0.25) is 0 Å². The van der Waals surface area contributed by atoms with Crippen LogP contribution < -0.4 is 5.73 Å². The van der Waals surface area contributed by atoms with Crippen molar-refractivity contribution in [2.24, 2.45) is 5.73 Å². The van der Waals surface area contributed by atoms with Crippen LogP contribution >= 0.6 is 0 Å². The summed E-state index contributed by atoms with van der Waals surface area (Å²) in [5.74, 6) is -0.827. The third-order valence-corrected chi connectivity index (χ3v) is 4.35. The Labute approximate surface area is 107 Å². The summed E-state index contributed by atoms with van der Waals surface area (Å²) in [4.78, 5) is 3.59. The van der Waals surface area contributed by atoms with Crippen LogP contribution in [0.1, 0.15) is 19.3 Å². The molecule has 0 aliphatic rings. The monoisotopic (exact) mass is 275 g/mol. The molecule has 1 aromatic rings. The molecule has 1 aromatic heterocycles. The van der Waals surface area contributed by atoms with Gasteiger partial charge < -0.3 is 5.73 Å². The summed E-state index contributed by atoms with van der Waals surface area (Å²) in [5, 5.41) is -0.522. The Morgan fingerprint density at radius 1 is 1.39 bits per heavy atom. The van der Waals surface area contributed by atoms with Gasteiger partial charge in [0, 0.05) is 19.8 Å². The van der Waals surface area contributed by atoms with E-state index in [1.54, 1.807) is 0 Å². The fourth-order valence-electron chi connectivity index (χ4n) is 1.48. The van der Waals surface area contributed by atoms with Crippen LogP contribution in [-0.4, -0.2) is 37.8 Å². The molecule has 0 atom stereocenters.